The molecule has 2 aromatic carbocycles. The fraction of sp³-hybridized carbons (Fsp3) is 0.333. The Morgan fingerprint density at radius 3 is 2.48 bits per heavy atom. The highest BCUT2D eigenvalue weighted by Gasteiger charge is 2.09. The molecule has 0 radical (unpaired) electrons. The van der Waals surface area contributed by atoms with Gasteiger partial charge in [0, 0.05) is 0 Å². The lowest BCUT2D eigenvalue weighted by Gasteiger charge is -2.13. The van der Waals surface area contributed by atoms with Crippen molar-refractivity contribution < 1.29 is 14.2 Å². The Bertz CT molecular complexity index is 578. The molecule has 1 N–H and O–H groups in total. The highest BCUT2D eigenvalue weighted by atomic mass is 19.1. The van der Waals surface area contributed by atoms with Gasteiger partial charge < -0.3 is 9.84 Å². The molecule has 0 aromatic heterocycles. The van der Waals surface area contributed by atoms with Crippen LogP contribution in [0.25, 0.3) is 0 Å². The van der Waals surface area contributed by atoms with E-state index in [2.05, 4.69) is 6.92 Å². The van der Waals surface area contributed by atoms with E-state index in [1.54, 1.807) is 19.1 Å². The van der Waals surface area contributed by atoms with Crippen LogP contribution in [0.15, 0.2) is 42.5 Å². The van der Waals surface area contributed by atoms with Crippen molar-refractivity contribution in [1.29, 1.82) is 0 Å². The molecule has 1 unspecified atom stereocenters. The quantitative estimate of drug-likeness (QED) is 0.863. The summed E-state index contributed by atoms with van der Waals surface area (Å²) >= 11 is 0. The smallest absolute Gasteiger partial charge is 0.126 e. The molecule has 0 spiro atoms. The zero-order valence-corrected chi connectivity index (χ0v) is 12.5. The number of hydrogen-bond acceptors (Lipinski definition) is 2. The molecule has 0 saturated heterocycles. The molecular weight excluding hydrogens is 267 g/mol. The standard InChI is InChI=1S/C18H21FO2/c1-3-4-14-5-7-15(8-6-14)18(20)12-21-16-9-10-17(19)13(2)11-16/h5-11,18,20H,3-4,12H2,1-2H3. The van der Waals surface area contributed by atoms with Gasteiger partial charge >= 0.3 is 0 Å². The van der Waals surface area contributed by atoms with Crippen LogP contribution in [0.4, 0.5) is 4.39 Å². The van der Waals surface area contributed by atoms with Crippen molar-refractivity contribution in [3.63, 3.8) is 0 Å². The molecule has 0 saturated carbocycles. The van der Waals surface area contributed by atoms with Gasteiger partial charge in [-0.15, -0.1) is 0 Å². The predicted molar refractivity (Wildman–Crippen MR) is 82.0 cm³/mol. The summed E-state index contributed by atoms with van der Waals surface area (Å²) in [5.41, 5.74) is 2.63. The third kappa shape index (κ3) is 4.30. The van der Waals surface area contributed by atoms with Gasteiger partial charge in [0.2, 0.25) is 0 Å². The third-order valence-corrected chi connectivity index (χ3v) is 3.44. The van der Waals surface area contributed by atoms with Crippen molar-refractivity contribution in [3.8, 4) is 5.75 Å². The number of rotatable bonds is 6. The summed E-state index contributed by atoms with van der Waals surface area (Å²) in [5.74, 6) is 0.310. The summed E-state index contributed by atoms with van der Waals surface area (Å²) in [6, 6.07) is 12.5. The highest BCUT2D eigenvalue weighted by molar-refractivity contribution is 5.29. The topological polar surface area (TPSA) is 29.5 Å². The second-order valence-electron chi connectivity index (χ2n) is 5.23. The summed E-state index contributed by atoms with van der Waals surface area (Å²) in [7, 11) is 0. The van der Waals surface area contributed by atoms with Crippen LogP contribution in [0.5, 0.6) is 5.75 Å². The zero-order valence-electron chi connectivity index (χ0n) is 12.5. The molecular formula is C18H21FO2. The van der Waals surface area contributed by atoms with E-state index < -0.39 is 6.10 Å². The van der Waals surface area contributed by atoms with Crippen LogP contribution in [-0.2, 0) is 6.42 Å². The first-order valence-electron chi connectivity index (χ1n) is 7.26. The van der Waals surface area contributed by atoms with E-state index in [0.29, 0.717) is 11.3 Å². The first-order valence-corrected chi connectivity index (χ1v) is 7.26. The monoisotopic (exact) mass is 288 g/mol. The van der Waals surface area contributed by atoms with E-state index in [1.807, 2.05) is 24.3 Å². The number of aryl methyl sites for hydroxylation is 2. The molecule has 0 aliphatic carbocycles. The Hall–Kier alpha value is -1.87. The van der Waals surface area contributed by atoms with Crippen molar-refractivity contribution in [2.24, 2.45) is 0 Å². The number of hydrogen-bond donors (Lipinski definition) is 1. The molecule has 3 heteroatoms. The lowest BCUT2D eigenvalue weighted by atomic mass is 10.0. The number of aliphatic hydroxyl groups is 1. The van der Waals surface area contributed by atoms with E-state index in [0.717, 1.165) is 18.4 Å². The second kappa shape index (κ2) is 7.23. The number of halogens is 1. The predicted octanol–water partition coefficient (Wildman–Crippen LogP) is 4.20. The SMILES string of the molecule is CCCc1ccc(C(O)COc2ccc(F)c(C)c2)cc1. The number of aliphatic hydroxyl groups excluding tert-OH is 1. The Labute approximate surface area is 125 Å². The molecule has 0 bridgehead atoms. The summed E-state index contributed by atoms with van der Waals surface area (Å²) in [4.78, 5) is 0. The fourth-order valence-corrected chi connectivity index (χ4v) is 2.17. The maximum atomic E-state index is 13.2. The normalized spacial score (nSPS) is 12.2. The van der Waals surface area contributed by atoms with Gasteiger partial charge in [-0.25, -0.2) is 4.39 Å². The van der Waals surface area contributed by atoms with Crippen LogP contribution in [0, 0.1) is 12.7 Å². The molecule has 2 nitrogen and oxygen atoms in total. The van der Waals surface area contributed by atoms with Crippen molar-refractivity contribution in [2.75, 3.05) is 6.61 Å². The summed E-state index contributed by atoms with van der Waals surface area (Å²) in [6.07, 6.45) is 1.46. The molecule has 0 fully saturated rings. The average molecular weight is 288 g/mol. The molecule has 0 amide bonds. The van der Waals surface area contributed by atoms with Gasteiger partial charge in [-0.3, -0.25) is 0 Å². The zero-order chi connectivity index (χ0) is 15.2. The Morgan fingerprint density at radius 1 is 1.14 bits per heavy atom. The van der Waals surface area contributed by atoms with E-state index in [1.165, 1.54) is 11.6 Å². The molecule has 0 aliphatic rings. The van der Waals surface area contributed by atoms with Crippen molar-refractivity contribution >= 4 is 0 Å². The van der Waals surface area contributed by atoms with Crippen molar-refractivity contribution in [1.82, 2.24) is 0 Å². The van der Waals surface area contributed by atoms with Crippen LogP contribution in [-0.4, -0.2) is 11.7 Å². The number of ether oxygens (including phenoxy) is 1. The summed E-state index contributed by atoms with van der Waals surface area (Å²) < 4.78 is 18.7. The second-order valence-corrected chi connectivity index (χ2v) is 5.23. The van der Waals surface area contributed by atoms with Gasteiger partial charge in [0.1, 0.15) is 24.3 Å². The first kappa shape index (κ1) is 15.5. The van der Waals surface area contributed by atoms with Crippen molar-refractivity contribution in [3.05, 3.63) is 65.0 Å². The van der Waals surface area contributed by atoms with E-state index in [4.69, 9.17) is 4.74 Å². The minimum Gasteiger partial charge on any atom is -0.491 e. The molecule has 0 heterocycles. The Balaban J connectivity index is 1.94. The molecule has 0 aliphatic heterocycles. The lowest BCUT2D eigenvalue weighted by molar-refractivity contribution is 0.108. The maximum absolute atomic E-state index is 13.2. The Kier molecular flexibility index (Phi) is 5.34. The molecule has 2 rings (SSSR count). The summed E-state index contributed by atoms with van der Waals surface area (Å²) in [5, 5.41) is 10.1. The molecule has 21 heavy (non-hydrogen) atoms. The van der Waals surface area contributed by atoms with E-state index in [9.17, 15) is 9.50 Å². The van der Waals surface area contributed by atoms with Gasteiger partial charge in [0.25, 0.3) is 0 Å². The van der Waals surface area contributed by atoms with E-state index in [-0.39, 0.29) is 12.4 Å². The van der Waals surface area contributed by atoms with Gasteiger partial charge in [-0.2, -0.15) is 0 Å². The minimum atomic E-state index is -0.689. The maximum Gasteiger partial charge on any atom is 0.126 e. The third-order valence-electron chi connectivity index (χ3n) is 3.44. The molecule has 112 valence electrons. The Morgan fingerprint density at radius 2 is 1.86 bits per heavy atom. The first-order chi connectivity index (χ1) is 10.1. The fourth-order valence-electron chi connectivity index (χ4n) is 2.17. The van der Waals surface area contributed by atoms with E-state index >= 15 is 0 Å². The largest absolute Gasteiger partial charge is 0.491 e. The number of benzene rings is 2. The molecule has 2 aromatic rings. The van der Waals surface area contributed by atoms with Crippen molar-refractivity contribution in [2.45, 2.75) is 32.8 Å². The van der Waals surface area contributed by atoms with Crippen LogP contribution < -0.4 is 4.74 Å². The van der Waals surface area contributed by atoms with Crippen LogP contribution >= 0.6 is 0 Å². The highest BCUT2D eigenvalue weighted by Crippen LogP contribution is 2.19. The van der Waals surface area contributed by atoms with Crippen LogP contribution in [0.3, 0.4) is 0 Å². The van der Waals surface area contributed by atoms with Gasteiger partial charge in [0.05, 0.1) is 0 Å². The minimum absolute atomic E-state index is 0.151. The van der Waals surface area contributed by atoms with Gasteiger partial charge in [-0.05, 0) is 48.2 Å². The average Bonchev–Trinajstić information content (AvgIpc) is 2.49. The van der Waals surface area contributed by atoms with Gasteiger partial charge in [-0.1, -0.05) is 37.6 Å². The van der Waals surface area contributed by atoms with Gasteiger partial charge in [0.15, 0.2) is 0 Å². The van der Waals surface area contributed by atoms with Crippen LogP contribution in [0.1, 0.15) is 36.1 Å². The summed E-state index contributed by atoms with van der Waals surface area (Å²) in [6.45, 7) is 3.98. The lowest BCUT2D eigenvalue weighted by Crippen LogP contribution is -2.09. The van der Waals surface area contributed by atoms with Crippen LogP contribution in [0.2, 0.25) is 0 Å². The molecule has 1 atom stereocenters.